The summed E-state index contributed by atoms with van der Waals surface area (Å²) in [4.78, 5) is 24.4. The number of aryl methyl sites for hydroxylation is 1. The molecule has 0 N–H and O–H groups in total. The smallest absolute Gasteiger partial charge is 0.343 e. The average molecular weight is 307 g/mol. The molecule has 2 atom stereocenters. The minimum Gasteiger partial charge on any atom is -0.462 e. The SMILES string of the molecule is CCOC(=O)c1cn([C@@H]2C[C@H]2F)c2c(C)c(F)ccc2c1=O. The van der Waals surface area contributed by atoms with E-state index in [-0.39, 0.29) is 29.5 Å². The highest BCUT2D eigenvalue weighted by Gasteiger charge is 2.40. The molecule has 1 saturated carbocycles. The maximum absolute atomic E-state index is 13.8. The molecule has 1 heterocycles. The standard InChI is InChI=1S/C16H15F2NO3/c1-3-22-16(21)10-7-19(13-6-12(13)18)14-8(2)11(17)5-4-9(14)15(10)20/h4-5,7,12-13H,3,6H2,1-2H3/t12-,13-/m1/s1. The first-order chi connectivity index (χ1) is 10.5. The van der Waals surface area contributed by atoms with Crippen molar-refractivity contribution < 1.29 is 18.3 Å². The van der Waals surface area contributed by atoms with Gasteiger partial charge in [0.25, 0.3) is 0 Å². The largest absolute Gasteiger partial charge is 0.462 e. The summed E-state index contributed by atoms with van der Waals surface area (Å²) in [6.07, 6.45) is 0.527. The van der Waals surface area contributed by atoms with Crippen LogP contribution >= 0.6 is 0 Å². The van der Waals surface area contributed by atoms with Crippen LogP contribution in [-0.2, 0) is 4.74 Å². The van der Waals surface area contributed by atoms with Gasteiger partial charge in [0.15, 0.2) is 0 Å². The molecular formula is C16H15F2NO3. The molecule has 4 nitrogen and oxygen atoms in total. The Balaban J connectivity index is 2.33. The molecule has 0 radical (unpaired) electrons. The number of hydrogen-bond acceptors (Lipinski definition) is 3. The fourth-order valence-corrected chi connectivity index (χ4v) is 2.65. The fraction of sp³-hybridized carbons (Fsp3) is 0.375. The van der Waals surface area contributed by atoms with Gasteiger partial charge in [0.2, 0.25) is 5.43 Å². The number of carbonyl (C=O) groups is 1. The summed E-state index contributed by atoms with van der Waals surface area (Å²) >= 11 is 0. The lowest BCUT2D eigenvalue weighted by molar-refractivity contribution is 0.0524. The van der Waals surface area contributed by atoms with Gasteiger partial charge >= 0.3 is 5.97 Å². The van der Waals surface area contributed by atoms with Gasteiger partial charge in [-0.3, -0.25) is 4.79 Å². The van der Waals surface area contributed by atoms with Crippen LogP contribution in [-0.4, -0.2) is 23.3 Å². The van der Waals surface area contributed by atoms with E-state index >= 15 is 0 Å². The highest BCUT2D eigenvalue weighted by Crippen LogP contribution is 2.41. The number of carbonyl (C=O) groups excluding carboxylic acids is 1. The Bertz CT molecular complexity index is 828. The summed E-state index contributed by atoms with van der Waals surface area (Å²) in [5, 5.41) is 0.198. The number of ether oxygens (including phenoxy) is 1. The number of benzene rings is 1. The molecule has 1 aromatic carbocycles. The lowest BCUT2D eigenvalue weighted by Crippen LogP contribution is -2.21. The lowest BCUT2D eigenvalue weighted by Gasteiger charge is -2.14. The van der Waals surface area contributed by atoms with Gasteiger partial charge in [0.1, 0.15) is 17.6 Å². The van der Waals surface area contributed by atoms with E-state index in [4.69, 9.17) is 4.74 Å². The number of alkyl halides is 1. The maximum atomic E-state index is 13.8. The van der Waals surface area contributed by atoms with Crippen molar-refractivity contribution in [1.82, 2.24) is 4.57 Å². The molecule has 0 saturated heterocycles. The predicted octanol–water partition coefficient (Wildman–Crippen LogP) is 2.91. The number of esters is 1. The molecular weight excluding hydrogens is 292 g/mol. The molecule has 1 aromatic heterocycles. The minimum absolute atomic E-state index is 0.133. The topological polar surface area (TPSA) is 48.3 Å². The Morgan fingerprint density at radius 1 is 1.45 bits per heavy atom. The Labute approximate surface area is 125 Å². The van der Waals surface area contributed by atoms with Crippen molar-refractivity contribution in [3.05, 3.63) is 45.5 Å². The van der Waals surface area contributed by atoms with Crippen molar-refractivity contribution in [3.8, 4) is 0 Å². The summed E-state index contributed by atoms with van der Waals surface area (Å²) in [6, 6.07) is 2.03. The summed E-state index contributed by atoms with van der Waals surface area (Å²) < 4.78 is 33.7. The van der Waals surface area contributed by atoms with Crippen molar-refractivity contribution in [2.75, 3.05) is 6.61 Å². The lowest BCUT2D eigenvalue weighted by atomic mass is 10.1. The number of pyridine rings is 1. The zero-order chi connectivity index (χ0) is 16.0. The van der Waals surface area contributed by atoms with E-state index < -0.39 is 29.4 Å². The number of fused-ring (bicyclic) bond motifs is 1. The molecule has 2 aromatic rings. The van der Waals surface area contributed by atoms with Gasteiger partial charge in [-0.2, -0.15) is 0 Å². The molecule has 0 spiro atoms. The van der Waals surface area contributed by atoms with Gasteiger partial charge in [-0.15, -0.1) is 0 Å². The fourth-order valence-electron chi connectivity index (χ4n) is 2.65. The molecule has 1 aliphatic rings. The monoisotopic (exact) mass is 307 g/mol. The quantitative estimate of drug-likeness (QED) is 0.819. The van der Waals surface area contributed by atoms with Crippen LogP contribution in [0.1, 0.15) is 35.3 Å². The summed E-state index contributed by atoms with van der Waals surface area (Å²) in [5.41, 5.74) is -0.0735. The second kappa shape index (κ2) is 5.19. The predicted molar refractivity (Wildman–Crippen MR) is 77.4 cm³/mol. The number of aromatic nitrogens is 1. The normalized spacial score (nSPS) is 20.2. The molecule has 6 heteroatoms. The van der Waals surface area contributed by atoms with Crippen LogP contribution in [0.15, 0.2) is 23.1 Å². The van der Waals surface area contributed by atoms with E-state index in [2.05, 4.69) is 0 Å². The second-order valence-electron chi connectivity index (χ2n) is 5.39. The van der Waals surface area contributed by atoms with Crippen LogP contribution in [0.3, 0.4) is 0 Å². The van der Waals surface area contributed by atoms with E-state index in [0.29, 0.717) is 5.52 Å². The maximum Gasteiger partial charge on any atom is 0.343 e. The van der Waals surface area contributed by atoms with Crippen LogP contribution in [0, 0.1) is 12.7 Å². The third kappa shape index (κ3) is 2.19. The molecule has 1 aliphatic carbocycles. The minimum atomic E-state index is -1.05. The van der Waals surface area contributed by atoms with Gasteiger partial charge in [-0.25, -0.2) is 13.6 Å². The van der Waals surface area contributed by atoms with E-state index in [1.54, 1.807) is 6.92 Å². The Hall–Kier alpha value is -2.24. The number of halogens is 2. The van der Waals surface area contributed by atoms with Crippen LogP contribution in [0.2, 0.25) is 0 Å². The Morgan fingerprint density at radius 2 is 2.14 bits per heavy atom. The van der Waals surface area contributed by atoms with Crippen molar-refractivity contribution in [2.45, 2.75) is 32.5 Å². The number of nitrogens with zero attached hydrogens (tertiary/aromatic N) is 1. The van der Waals surface area contributed by atoms with Gasteiger partial charge in [0.05, 0.1) is 18.2 Å². The number of hydrogen-bond donors (Lipinski definition) is 0. The molecule has 116 valence electrons. The van der Waals surface area contributed by atoms with Crippen molar-refractivity contribution >= 4 is 16.9 Å². The molecule has 1 fully saturated rings. The van der Waals surface area contributed by atoms with E-state index in [0.717, 1.165) is 0 Å². The molecule has 0 aliphatic heterocycles. The van der Waals surface area contributed by atoms with Crippen LogP contribution < -0.4 is 5.43 Å². The van der Waals surface area contributed by atoms with Crippen molar-refractivity contribution in [1.29, 1.82) is 0 Å². The zero-order valence-electron chi connectivity index (χ0n) is 12.2. The molecule has 0 unspecified atom stereocenters. The third-order valence-corrected chi connectivity index (χ3v) is 3.91. The first-order valence-corrected chi connectivity index (χ1v) is 7.10. The molecule has 0 bridgehead atoms. The van der Waals surface area contributed by atoms with Crippen LogP contribution in [0.4, 0.5) is 8.78 Å². The number of rotatable bonds is 3. The molecule has 0 amide bonds. The third-order valence-electron chi connectivity index (χ3n) is 3.91. The summed E-state index contributed by atoms with van der Waals surface area (Å²) in [6.45, 7) is 3.30. The highest BCUT2D eigenvalue weighted by molar-refractivity contribution is 5.94. The van der Waals surface area contributed by atoms with Gasteiger partial charge in [-0.05, 0) is 26.0 Å². The van der Waals surface area contributed by atoms with E-state index in [1.807, 2.05) is 0 Å². The Morgan fingerprint density at radius 3 is 2.73 bits per heavy atom. The highest BCUT2D eigenvalue weighted by atomic mass is 19.1. The van der Waals surface area contributed by atoms with Crippen LogP contribution in [0.5, 0.6) is 0 Å². The van der Waals surface area contributed by atoms with Crippen molar-refractivity contribution in [2.24, 2.45) is 0 Å². The Kier molecular flexibility index (Phi) is 3.47. The first-order valence-electron chi connectivity index (χ1n) is 7.10. The molecule has 3 rings (SSSR count). The zero-order valence-corrected chi connectivity index (χ0v) is 12.2. The average Bonchev–Trinajstić information content (AvgIpc) is 3.20. The van der Waals surface area contributed by atoms with Gasteiger partial charge < -0.3 is 9.30 Å². The van der Waals surface area contributed by atoms with Gasteiger partial charge in [-0.1, -0.05) is 0 Å². The van der Waals surface area contributed by atoms with Gasteiger partial charge in [0, 0.05) is 23.6 Å². The first kappa shape index (κ1) is 14.7. The summed E-state index contributed by atoms with van der Waals surface area (Å²) in [5.74, 6) is -1.22. The molecule has 22 heavy (non-hydrogen) atoms. The van der Waals surface area contributed by atoms with E-state index in [9.17, 15) is 18.4 Å². The summed E-state index contributed by atoms with van der Waals surface area (Å²) in [7, 11) is 0. The van der Waals surface area contributed by atoms with Crippen LogP contribution in [0.25, 0.3) is 10.9 Å². The van der Waals surface area contributed by atoms with Crippen molar-refractivity contribution in [3.63, 3.8) is 0 Å². The second-order valence-corrected chi connectivity index (χ2v) is 5.39. The van der Waals surface area contributed by atoms with E-state index in [1.165, 1.54) is 29.8 Å².